The first-order valence-electron chi connectivity index (χ1n) is 11.1. The summed E-state index contributed by atoms with van der Waals surface area (Å²) >= 11 is 6.34. The second-order valence-corrected chi connectivity index (χ2v) is 7.98. The van der Waals surface area contributed by atoms with E-state index in [9.17, 15) is 0 Å². The number of anilines is 5. The molecule has 1 aromatic carbocycles. The number of methoxy groups -OCH3 is 1. The van der Waals surface area contributed by atoms with Crippen LogP contribution in [0.4, 0.5) is 29.4 Å². The van der Waals surface area contributed by atoms with Crippen molar-refractivity contribution >= 4 is 41.0 Å². The Hall–Kier alpha value is -3.33. The Labute approximate surface area is 199 Å². The number of pyridine rings is 1. The summed E-state index contributed by atoms with van der Waals surface area (Å²) in [6.07, 6.45) is 1.77. The molecule has 0 bridgehead atoms. The third-order valence-corrected chi connectivity index (χ3v) is 5.88. The second kappa shape index (κ2) is 10.5. The lowest BCUT2D eigenvalue weighted by Crippen LogP contribution is -2.47. The maximum Gasteiger partial charge on any atom is 0.233 e. The van der Waals surface area contributed by atoms with Gasteiger partial charge >= 0.3 is 0 Å². The van der Waals surface area contributed by atoms with E-state index in [0.29, 0.717) is 22.9 Å². The molecule has 0 unspecified atom stereocenters. The molecule has 3 heterocycles. The monoisotopic (exact) mass is 468 g/mol. The summed E-state index contributed by atoms with van der Waals surface area (Å²) in [6, 6.07) is 11.4. The Morgan fingerprint density at radius 3 is 2.45 bits per heavy atom. The maximum absolute atomic E-state index is 6.34. The van der Waals surface area contributed by atoms with Crippen LogP contribution in [0.15, 0.2) is 42.6 Å². The highest BCUT2D eigenvalue weighted by atomic mass is 35.5. The first-order valence-corrected chi connectivity index (χ1v) is 11.5. The lowest BCUT2D eigenvalue weighted by molar-refractivity contribution is 0.415. The van der Waals surface area contributed by atoms with E-state index in [1.807, 2.05) is 36.4 Å². The van der Waals surface area contributed by atoms with Crippen molar-refractivity contribution in [1.29, 1.82) is 0 Å². The molecule has 0 aliphatic carbocycles. The third kappa shape index (κ3) is 5.36. The molecule has 0 spiro atoms. The molecule has 0 amide bonds. The van der Waals surface area contributed by atoms with Crippen LogP contribution in [0.1, 0.15) is 13.8 Å². The number of piperazine rings is 1. The Kier molecular flexibility index (Phi) is 7.29. The van der Waals surface area contributed by atoms with E-state index in [2.05, 4.69) is 43.8 Å². The molecule has 1 saturated heterocycles. The molecule has 33 heavy (non-hydrogen) atoms. The van der Waals surface area contributed by atoms with Gasteiger partial charge in [0.25, 0.3) is 0 Å². The summed E-state index contributed by atoms with van der Waals surface area (Å²) in [7, 11) is 1.65. The molecule has 1 aliphatic heterocycles. The lowest BCUT2D eigenvalue weighted by Gasteiger charge is -2.36. The van der Waals surface area contributed by atoms with E-state index >= 15 is 0 Å². The quantitative estimate of drug-likeness (QED) is 0.530. The molecule has 0 atom stereocenters. The summed E-state index contributed by atoms with van der Waals surface area (Å²) in [5.74, 6) is 3.40. The Balaban J connectivity index is 1.57. The molecule has 1 aliphatic rings. The van der Waals surface area contributed by atoms with Crippen LogP contribution in [-0.2, 0) is 0 Å². The number of rotatable bonds is 8. The molecule has 1 fully saturated rings. The van der Waals surface area contributed by atoms with Crippen molar-refractivity contribution in [3.8, 4) is 5.75 Å². The van der Waals surface area contributed by atoms with Crippen molar-refractivity contribution in [3.05, 3.63) is 47.6 Å². The van der Waals surface area contributed by atoms with Gasteiger partial charge in [0.1, 0.15) is 11.6 Å². The van der Waals surface area contributed by atoms with Gasteiger partial charge in [-0.2, -0.15) is 15.0 Å². The molecule has 10 heteroatoms. The topological polar surface area (TPSA) is 82.5 Å². The number of nitrogens with zero attached hydrogens (tertiary/aromatic N) is 7. The predicted octanol–water partition coefficient (Wildman–Crippen LogP) is 3.85. The van der Waals surface area contributed by atoms with Crippen molar-refractivity contribution in [2.45, 2.75) is 13.8 Å². The van der Waals surface area contributed by atoms with Gasteiger partial charge in [-0.15, -0.1) is 0 Å². The van der Waals surface area contributed by atoms with E-state index in [1.54, 1.807) is 13.3 Å². The molecule has 0 saturated carbocycles. The van der Waals surface area contributed by atoms with Gasteiger partial charge in [-0.05, 0) is 38.1 Å². The minimum Gasteiger partial charge on any atom is -0.497 e. The molecular formula is C23H29ClN8O. The SMILES string of the molecule is CCN(CC)c1nc(Nc2cccc(OC)c2)nc(N2CCN(c3ncccc3Cl)CC2)n1. The van der Waals surface area contributed by atoms with Gasteiger partial charge in [-0.3, -0.25) is 0 Å². The van der Waals surface area contributed by atoms with Crippen molar-refractivity contribution in [2.24, 2.45) is 0 Å². The Morgan fingerprint density at radius 1 is 1.00 bits per heavy atom. The fourth-order valence-corrected chi connectivity index (χ4v) is 4.00. The normalized spacial score (nSPS) is 13.7. The lowest BCUT2D eigenvalue weighted by atomic mass is 10.3. The Bertz CT molecular complexity index is 1070. The number of hydrogen-bond acceptors (Lipinski definition) is 9. The molecule has 1 N–H and O–H groups in total. The summed E-state index contributed by atoms with van der Waals surface area (Å²) < 4.78 is 5.33. The van der Waals surface area contributed by atoms with Crippen LogP contribution < -0.4 is 24.8 Å². The molecular weight excluding hydrogens is 440 g/mol. The average Bonchev–Trinajstić information content (AvgIpc) is 2.85. The van der Waals surface area contributed by atoms with E-state index < -0.39 is 0 Å². The zero-order valence-electron chi connectivity index (χ0n) is 19.2. The van der Waals surface area contributed by atoms with Gasteiger partial charge in [0.05, 0.1) is 12.1 Å². The summed E-state index contributed by atoms with van der Waals surface area (Å²) in [5, 5.41) is 3.98. The van der Waals surface area contributed by atoms with Crippen molar-refractivity contribution in [1.82, 2.24) is 19.9 Å². The van der Waals surface area contributed by atoms with Crippen LogP contribution in [-0.4, -0.2) is 66.3 Å². The highest BCUT2D eigenvalue weighted by molar-refractivity contribution is 6.32. The second-order valence-electron chi connectivity index (χ2n) is 7.57. The van der Waals surface area contributed by atoms with Crippen LogP contribution in [0, 0.1) is 0 Å². The molecule has 3 aromatic rings. The zero-order chi connectivity index (χ0) is 23.2. The summed E-state index contributed by atoms with van der Waals surface area (Å²) in [4.78, 5) is 25.1. The van der Waals surface area contributed by atoms with Gasteiger partial charge in [-0.1, -0.05) is 17.7 Å². The van der Waals surface area contributed by atoms with Gasteiger partial charge in [0, 0.05) is 57.2 Å². The average molecular weight is 469 g/mol. The molecule has 4 rings (SSSR count). The highest BCUT2D eigenvalue weighted by Gasteiger charge is 2.23. The van der Waals surface area contributed by atoms with E-state index in [1.165, 1.54) is 0 Å². The van der Waals surface area contributed by atoms with Gasteiger partial charge < -0.3 is 24.8 Å². The number of benzene rings is 1. The van der Waals surface area contributed by atoms with Crippen LogP contribution in [0.25, 0.3) is 0 Å². The molecule has 9 nitrogen and oxygen atoms in total. The number of halogens is 1. The standard InChI is InChI=1S/C23H29ClN8O/c1-4-30(5-2)22-27-21(26-17-8-6-9-18(16-17)33-3)28-23(29-22)32-14-12-31(13-15-32)20-19(24)10-7-11-25-20/h6-11,16H,4-5,12-15H2,1-3H3,(H,26,27,28,29). The van der Waals surface area contributed by atoms with Crippen molar-refractivity contribution in [2.75, 3.05) is 66.4 Å². The van der Waals surface area contributed by atoms with Crippen LogP contribution in [0.5, 0.6) is 5.75 Å². The fraction of sp³-hybridized carbons (Fsp3) is 0.391. The largest absolute Gasteiger partial charge is 0.497 e. The van der Waals surface area contributed by atoms with Gasteiger partial charge in [-0.25, -0.2) is 4.98 Å². The van der Waals surface area contributed by atoms with Gasteiger partial charge in [0.2, 0.25) is 17.8 Å². The number of aromatic nitrogens is 4. The molecule has 174 valence electrons. The van der Waals surface area contributed by atoms with Crippen molar-refractivity contribution < 1.29 is 4.74 Å². The maximum atomic E-state index is 6.34. The predicted molar refractivity (Wildman–Crippen MR) is 133 cm³/mol. The van der Waals surface area contributed by atoms with E-state index in [-0.39, 0.29) is 0 Å². The zero-order valence-corrected chi connectivity index (χ0v) is 20.0. The van der Waals surface area contributed by atoms with E-state index in [0.717, 1.165) is 56.5 Å². The first kappa shape index (κ1) is 22.8. The minimum atomic E-state index is 0.505. The smallest absolute Gasteiger partial charge is 0.233 e. The number of ether oxygens (including phenoxy) is 1. The van der Waals surface area contributed by atoms with E-state index in [4.69, 9.17) is 26.3 Å². The summed E-state index contributed by atoms with van der Waals surface area (Å²) in [6.45, 7) is 8.88. The molecule has 0 radical (unpaired) electrons. The van der Waals surface area contributed by atoms with Crippen LogP contribution >= 0.6 is 11.6 Å². The molecule has 2 aromatic heterocycles. The number of hydrogen-bond donors (Lipinski definition) is 1. The Morgan fingerprint density at radius 2 is 1.76 bits per heavy atom. The highest BCUT2D eigenvalue weighted by Crippen LogP contribution is 2.26. The van der Waals surface area contributed by atoms with Crippen molar-refractivity contribution in [3.63, 3.8) is 0 Å². The fourth-order valence-electron chi connectivity index (χ4n) is 3.76. The summed E-state index contributed by atoms with van der Waals surface area (Å²) in [5.41, 5.74) is 0.853. The third-order valence-electron chi connectivity index (χ3n) is 5.59. The van der Waals surface area contributed by atoms with Crippen LogP contribution in [0.2, 0.25) is 5.02 Å². The number of nitrogens with one attached hydrogen (secondary N) is 1. The minimum absolute atomic E-state index is 0.505. The first-order chi connectivity index (χ1) is 16.1. The van der Waals surface area contributed by atoms with Crippen LogP contribution in [0.3, 0.4) is 0 Å². The van der Waals surface area contributed by atoms with Gasteiger partial charge in [0.15, 0.2) is 0 Å².